The summed E-state index contributed by atoms with van der Waals surface area (Å²) in [5.41, 5.74) is 2.00. The zero-order valence-electron chi connectivity index (χ0n) is 9.98. The van der Waals surface area contributed by atoms with Gasteiger partial charge < -0.3 is 15.2 Å². The molecule has 0 atom stereocenters. The summed E-state index contributed by atoms with van der Waals surface area (Å²) in [4.78, 5) is 0. The molecular weight excluding hydrogens is 294 g/mol. The minimum absolute atomic E-state index is 0.280. The molecule has 0 aliphatic heterocycles. The van der Waals surface area contributed by atoms with Crippen molar-refractivity contribution in [1.82, 2.24) is 0 Å². The lowest BCUT2D eigenvalue weighted by Gasteiger charge is -2.09. The van der Waals surface area contributed by atoms with Crippen LogP contribution in [0.4, 0.5) is 5.69 Å². The van der Waals surface area contributed by atoms with E-state index in [4.69, 9.17) is 4.74 Å². The molecule has 94 valence electrons. The molecule has 18 heavy (non-hydrogen) atoms. The van der Waals surface area contributed by atoms with E-state index in [9.17, 15) is 5.11 Å². The van der Waals surface area contributed by atoms with Gasteiger partial charge in [-0.3, -0.25) is 0 Å². The molecule has 0 amide bonds. The highest BCUT2D eigenvalue weighted by molar-refractivity contribution is 9.10. The molecule has 0 bridgehead atoms. The van der Waals surface area contributed by atoms with Crippen LogP contribution in [-0.4, -0.2) is 12.2 Å². The lowest BCUT2D eigenvalue weighted by molar-refractivity contribution is 0.412. The van der Waals surface area contributed by atoms with E-state index in [2.05, 4.69) is 21.2 Å². The fourth-order valence-electron chi connectivity index (χ4n) is 1.64. The van der Waals surface area contributed by atoms with E-state index in [1.54, 1.807) is 19.2 Å². The molecule has 2 rings (SSSR count). The fourth-order valence-corrected chi connectivity index (χ4v) is 2.05. The number of methoxy groups -OCH3 is 1. The van der Waals surface area contributed by atoms with Crippen molar-refractivity contribution in [3.8, 4) is 11.5 Å². The van der Waals surface area contributed by atoms with Gasteiger partial charge in [-0.1, -0.05) is 12.1 Å². The number of benzene rings is 2. The average molecular weight is 308 g/mol. The summed E-state index contributed by atoms with van der Waals surface area (Å²) in [5, 5.41) is 12.7. The third-order valence-electron chi connectivity index (χ3n) is 2.56. The Bertz CT molecular complexity index is 543. The Morgan fingerprint density at radius 2 is 2.06 bits per heavy atom. The van der Waals surface area contributed by atoms with Crippen molar-refractivity contribution in [2.75, 3.05) is 12.4 Å². The van der Waals surface area contributed by atoms with Crippen molar-refractivity contribution in [1.29, 1.82) is 0 Å². The normalized spacial score (nSPS) is 10.1. The molecule has 2 N–H and O–H groups in total. The highest BCUT2D eigenvalue weighted by Gasteiger charge is 2.01. The van der Waals surface area contributed by atoms with Gasteiger partial charge in [0.05, 0.1) is 11.6 Å². The summed E-state index contributed by atoms with van der Waals surface area (Å²) in [6.45, 7) is 0.652. The maximum absolute atomic E-state index is 9.37. The molecule has 0 aromatic heterocycles. The first-order valence-corrected chi connectivity index (χ1v) is 6.33. The molecule has 0 heterocycles. The smallest absolute Gasteiger partial charge is 0.135 e. The number of rotatable bonds is 4. The predicted molar refractivity (Wildman–Crippen MR) is 76.1 cm³/mol. The molecule has 0 saturated carbocycles. The van der Waals surface area contributed by atoms with Gasteiger partial charge >= 0.3 is 0 Å². The van der Waals surface area contributed by atoms with Crippen LogP contribution < -0.4 is 10.1 Å². The molecule has 2 aromatic rings. The summed E-state index contributed by atoms with van der Waals surface area (Å²) in [5.74, 6) is 1.07. The summed E-state index contributed by atoms with van der Waals surface area (Å²) in [6.07, 6.45) is 0. The Morgan fingerprint density at radius 3 is 2.78 bits per heavy atom. The zero-order valence-corrected chi connectivity index (χ0v) is 11.6. The van der Waals surface area contributed by atoms with Crippen molar-refractivity contribution >= 4 is 21.6 Å². The van der Waals surface area contributed by atoms with Crippen molar-refractivity contribution in [3.05, 3.63) is 52.5 Å². The number of hydrogen-bond acceptors (Lipinski definition) is 3. The number of anilines is 1. The van der Waals surface area contributed by atoms with Crippen LogP contribution >= 0.6 is 15.9 Å². The standard InChI is InChI=1S/C14H14BrNO2/c1-18-14-8-11(5-6-13(14)15)16-9-10-3-2-4-12(17)7-10/h2-8,16-17H,9H2,1H3. The van der Waals surface area contributed by atoms with E-state index in [1.165, 1.54) is 0 Å². The Labute approximate surface area is 115 Å². The molecule has 4 heteroatoms. The minimum atomic E-state index is 0.280. The molecular formula is C14H14BrNO2. The van der Waals surface area contributed by atoms with Gasteiger partial charge in [-0.2, -0.15) is 0 Å². The molecule has 0 saturated heterocycles. The van der Waals surface area contributed by atoms with Crippen LogP contribution in [0.25, 0.3) is 0 Å². The Balaban J connectivity index is 2.06. The largest absolute Gasteiger partial charge is 0.508 e. The van der Waals surface area contributed by atoms with Crippen LogP contribution in [0.15, 0.2) is 46.9 Å². The van der Waals surface area contributed by atoms with Crippen LogP contribution in [0.5, 0.6) is 11.5 Å². The fraction of sp³-hybridized carbons (Fsp3) is 0.143. The van der Waals surface area contributed by atoms with E-state index in [0.717, 1.165) is 21.5 Å². The Morgan fingerprint density at radius 1 is 1.22 bits per heavy atom. The number of hydrogen-bond donors (Lipinski definition) is 2. The summed E-state index contributed by atoms with van der Waals surface area (Å²) < 4.78 is 6.15. The summed E-state index contributed by atoms with van der Waals surface area (Å²) >= 11 is 3.41. The quantitative estimate of drug-likeness (QED) is 0.903. The van der Waals surface area contributed by atoms with Crippen LogP contribution in [0.3, 0.4) is 0 Å². The van der Waals surface area contributed by atoms with E-state index in [1.807, 2.05) is 30.3 Å². The number of nitrogens with one attached hydrogen (secondary N) is 1. The lowest BCUT2D eigenvalue weighted by Crippen LogP contribution is -1.99. The van der Waals surface area contributed by atoms with Crippen molar-refractivity contribution < 1.29 is 9.84 Å². The minimum Gasteiger partial charge on any atom is -0.508 e. The highest BCUT2D eigenvalue weighted by Crippen LogP contribution is 2.28. The molecule has 0 fully saturated rings. The highest BCUT2D eigenvalue weighted by atomic mass is 79.9. The molecule has 3 nitrogen and oxygen atoms in total. The van der Waals surface area contributed by atoms with Gasteiger partial charge in [0, 0.05) is 18.3 Å². The number of halogens is 1. The van der Waals surface area contributed by atoms with Crippen LogP contribution in [0, 0.1) is 0 Å². The van der Waals surface area contributed by atoms with E-state index >= 15 is 0 Å². The van der Waals surface area contributed by atoms with Crippen molar-refractivity contribution in [3.63, 3.8) is 0 Å². The molecule has 0 unspecified atom stereocenters. The average Bonchev–Trinajstić information content (AvgIpc) is 2.38. The first kappa shape index (κ1) is 12.8. The number of ether oxygens (including phenoxy) is 1. The molecule has 2 aromatic carbocycles. The van der Waals surface area contributed by atoms with Gasteiger partial charge in [-0.15, -0.1) is 0 Å². The number of phenolic OH excluding ortho intramolecular Hbond substituents is 1. The molecule has 0 radical (unpaired) electrons. The molecule has 0 aliphatic carbocycles. The first-order chi connectivity index (χ1) is 8.69. The van der Waals surface area contributed by atoms with Gasteiger partial charge in [0.25, 0.3) is 0 Å². The third kappa shape index (κ3) is 3.17. The van der Waals surface area contributed by atoms with E-state index in [0.29, 0.717) is 6.54 Å². The second-order valence-corrected chi connectivity index (χ2v) is 4.73. The van der Waals surface area contributed by atoms with Gasteiger partial charge in [0.1, 0.15) is 11.5 Å². The molecule has 0 aliphatic rings. The van der Waals surface area contributed by atoms with E-state index in [-0.39, 0.29) is 5.75 Å². The zero-order chi connectivity index (χ0) is 13.0. The summed E-state index contributed by atoms with van der Waals surface area (Å²) in [7, 11) is 1.64. The van der Waals surface area contributed by atoms with Crippen LogP contribution in [0.2, 0.25) is 0 Å². The number of aromatic hydroxyl groups is 1. The van der Waals surface area contributed by atoms with Gasteiger partial charge in [0.2, 0.25) is 0 Å². The lowest BCUT2D eigenvalue weighted by atomic mass is 10.2. The first-order valence-electron chi connectivity index (χ1n) is 5.54. The third-order valence-corrected chi connectivity index (χ3v) is 3.21. The van der Waals surface area contributed by atoms with Crippen molar-refractivity contribution in [2.45, 2.75) is 6.54 Å². The summed E-state index contributed by atoms with van der Waals surface area (Å²) in [6, 6.07) is 13.0. The molecule has 0 spiro atoms. The SMILES string of the molecule is COc1cc(NCc2cccc(O)c2)ccc1Br. The maximum Gasteiger partial charge on any atom is 0.135 e. The Kier molecular flexibility index (Phi) is 4.10. The Hall–Kier alpha value is -1.68. The van der Waals surface area contributed by atoms with Gasteiger partial charge in [0.15, 0.2) is 0 Å². The van der Waals surface area contributed by atoms with Crippen LogP contribution in [-0.2, 0) is 6.54 Å². The predicted octanol–water partition coefficient (Wildman–Crippen LogP) is 3.78. The number of phenols is 1. The van der Waals surface area contributed by atoms with Gasteiger partial charge in [-0.05, 0) is 45.8 Å². The monoisotopic (exact) mass is 307 g/mol. The van der Waals surface area contributed by atoms with Crippen LogP contribution in [0.1, 0.15) is 5.56 Å². The van der Waals surface area contributed by atoms with Crippen molar-refractivity contribution in [2.24, 2.45) is 0 Å². The second kappa shape index (κ2) is 5.78. The maximum atomic E-state index is 9.37. The topological polar surface area (TPSA) is 41.5 Å². The van der Waals surface area contributed by atoms with E-state index < -0.39 is 0 Å². The van der Waals surface area contributed by atoms with Gasteiger partial charge in [-0.25, -0.2) is 0 Å². The second-order valence-electron chi connectivity index (χ2n) is 3.87.